The van der Waals surface area contributed by atoms with Crippen LogP contribution in [-0.4, -0.2) is 44.4 Å². The fourth-order valence-electron chi connectivity index (χ4n) is 2.31. The van der Waals surface area contributed by atoms with Gasteiger partial charge in [0.1, 0.15) is 11.4 Å². The van der Waals surface area contributed by atoms with Crippen LogP contribution in [0, 0.1) is 6.92 Å². The van der Waals surface area contributed by atoms with Gasteiger partial charge in [-0.15, -0.1) is 11.3 Å². The number of aromatic nitrogens is 2. The molecule has 21 heavy (non-hydrogen) atoms. The van der Waals surface area contributed by atoms with E-state index >= 15 is 0 Å². The van der Waals surface area contributed by atoms with Crippen molar-refractivity contribution in [1.82, 2.24) is 14.9 Å². The van der Waals surface area contributed by atoms with Gasteiger partial charge in [-0.3, -0.25) is 14.4 Å². The standard InChI is InChI=1S/C13H13N3O4S/c1-6-9-11(19)14-5-15-12(9)21-10(6)13(20)16(4-8(17)18)7-2-3-7/h5,7H,2-4H2,1H3,(H,17,18)(H,14,15,19). The molecule has 2 N–H and O–H groups in total. The molecule has 1 fully saturated rings. The smallest absolute Gasteiger partial charge is 0.323 e. The summed E-state index contributed by atoms with van der Waals surface area (Å²) < 4.78 is 0. The molecule has 110 valence electrons. The Morgan fingerprint density at radius 1 is 1.52 bits per heavy atom. The average Bonchev–Trinajstić information content (AvgIpc) is 3.20. The molecular weight excluding hydrogens is 294 g/mol. The number of thiophene rings is 1. The van der Waals surface area contributed by atoms with Crippen LogP contribution < -0.4 is 5.56 Å². The highest BCUT2D eigenvalue weighted by Gasteiger charge is 2.35. The molecule has 1 amide bonds. The minimum Gasteiger partial charge on any atom is -0.480 e. The fourth-order valence-corrected chi connectivity index (χ4v) is 3.42. The minimum absolute atomic E-state index is 0.00976. The second-order valence-corrected chi connectivity index (χ2v) is 6.03. The van der Waals surface area contributed by atoms with Gasteiger partial charge in [0.2, 0.25) is 0 Å². The highest BCUT2D eigenvalue weighted by atomic mass is 32.1. The van der Waals surface area contributed by atoms with E-state index in [1.807, 2.05) is 0 Å². The van der Waals surface area contributed by atoms with Crippen LogP contribution in [0.4, 0.5) is 0 Å². The summed E-state index contributed by atoms with van der Waals surface area (Å²) in [5.74, 6) is -1.37. The van der Waals surface area contributed by atoms with Gasteiger partial charge in [-0.05, 0) is 25.3 Å². The Bertz CT molecular complexity index is 790. The number of fused-ring (bicyclic) bond motifs is 1. The van der Waals surface area contributed by atoms with E-state index in [9.17, 15) is 14.4 Å². The molecule has 0 aliphatic heterocycles. The molecular formula is C13H13N3O4S. The number of carboxylic acids is 1. The SMILES string of the molecule is Cc1c(C(=O)N(CC(=O)O)C2CC2)sc2nc[nH]c(=O)c12. The van der Waals surface area contributed by atoms with Crippen LogP contribution in [0.3, 0.4) is 0 Å². The molecule has 2 heterocycles. The number of aromatic amines is 1. The topological polar surface area (TPSA) is 103 Å². The Labute approximate surface area is 123 Å². The lowest BCUT2D eigenvalue weighted by Gasteiger charge is -2.19. The number of amides is 1. The van der Waals surface area contributed by atoms with Gasteiger partial charge < -0.3 is 15.0 Å². The van der Waals surface area contributed by atoms with E-state index in [2.05, 4.69) is 9.97 Å². The number of aryl methyl sites for hydroxylation is 1. The Kier molecular flexibility index (Phi) is 3.25. The summed E-state index contributed by atoms with van der Waals surface area (Å²) in [6.45, 7) is 1.37. The van der Waals surface area contributed by atoms with Crippen molar-refractivity contribution in [3.05, 3.63) is 27.1 Å². The van der Waals surface area contributed by atoms with E-state index in [1.54, 1.807) is 6.92 Å². The fraction of sp³-hybridized carbons (Fsp3) is 0.385. The molecule has 0 unspecified atom stereocenters. The molecule has 0 spiro atoms. The van der Waals surface area contributed by atoms with Crippen LogP contribution in [0.25, 0.3) is 10.2 Å². The molecule has 0 saturated heterocycles. The molecule has 3 rings (SSSR count). The van der Waals surface area contributed by atoms with Crippen molar-refractivity contribution >= 4 is 33.4 Å². The van der Waals surface area contributed by atoms with Crippen molar-refractivity contribution in [1.29, 1.82) is 0 Å². The van der Waals surface area contributed by atoms with Gasteiger partial charge in [-0.2, -0.15) is 0 Å². The summed E-state index contributed by atoms with van der Waals surface area (Å²) in [7, 11) is 0. The molecule has 0 aromatic carbocycles. The molecule has 2 aromatic heterocycles. The number of hydrogen-bond acceptors (Lipinski definition) is 5. The van der Waals surface area contributed by atoms with Gasteiger partial charge in [-0.1, -0.05) is 0 Å². The van der Waals surface area contributed by atoms with Crippen molar-refractivity contribution in [2.45, 2.75) is 25.8 Å². The van der Waals surface area contributed by atoms with Crippen LogP contribution in [-0.2, 0) is 4.79 Å². The molecule has 0 bridgehead atoms. The zero-order chi connectivity index (χ0) is 15.1. The van der Waals surface area contributed by atoms with E-state index < -0.39 is 5.97 Å². The zero-order valence-corrected chi connectivity index (χ0v) is 12.1. The number of carbonyl (C=O) groups excluding carboxylic acids is 1. The Balaban J connectivity index is 2.04. The van der Waals surface area contributed by atoms with Crippen molar-refractivity contribution in [3.63, 3.8) is 0 Å². The van der Waals surface area contributed by atoms with Gasteiger partial charge in [0.05, 0.1) is 16.6 Å². The minimum atomic E-state index is -1.04. The van der Waals surface area contributed by atoms with E-state index in [0.29, 0.717) is 20.7 Å². The summed E-state index contributed by atoms with van der Waals surface area (Å²) in [6.07, 6.45) is 2.94. The Morgan fingerprint density at radius 2 is 2.24 bits per heavy atom. The molecule has 1 aliphatic rings. The van der Waals surface area contributed by atoms with Crippen LogP contribution in [0.1, 0.15) is 28.1 Å². The summed E-state index contributed by atoms with van der Waals surface area (Å²) in [4.78, 5) is 44.1. The van der Waals surface area contributed by atoms with Crippen LogP contribution in [0.5, 0.6) is 0 Å². The third-order valence-electron chi connectivity index (χ3n) is 3.48. The third-order valence-corrected chi connectivity index (χ3v) is 4.67. The number of rotatable bonds is 4. The zero-order valence-electron chi connectivity index (χ0n) is 11.3. The van der Waals surface area contributed by atoms with Gasteiger partial charge >= 0.3 is 5.97 Å². The number of nitrogens with zero attached hydrogens (tertiary/aromatic N) is 2. The first kappa shape index (κ1) is 13.7. The third kappa shape index (κ3) is 2.42. The van der Waals surface area contributed by atoms with E-state index in [-0.39, 0.29) is 24.1 Å². The lowest BCUT2D eigenvalue weighted by atomic mass is 10.2. The molecule has 1 aliphatic carbocycles. The second kappa shape index (κ2) is 4.96. The summed E-state index contributed by atoms with van der Waals surface area (Å²) in [5, 5.41) is 9.35. The maximum absolute atomic E-state index is 12.6. The average molecular weight is 307 g/mol. The quantitative estimate of drug-likeness (QED) is 0.876. The first-order chi connectivity index (χ1) is 9.99. The van der Waals surface area contributed by atoms with E-state index in [0.717, 1.165) is 24.2 Å². The molecule has 2 aromatic rings. The number of carboxylic acid groups (broad SMARTS) is 1. The summed E-state index contributed by atoms with van der Waals surface area (Å²) in [6, 6.07) is -0.00976. The maximum Gasteiger partial charge on any atom is 0.323 e. The number of nitrogens with one attached hydrogen (secondary N) is 1. The highest BCUT2D eigenvalue weighted by molar-refractivity contribution is 7.20. The molecule has 0 atom stereocenters. The normalized spacial score (nSPS) is 14.3. The van der Waals surface area contributed by atoms with Crippen LogP contribution in [0.15, 0.2) is 11.1 Å². The number of carbonyl (C=O) groups is 2. The van der Waals surface area contributed by atoms with Crippen molar-refractivity contribution in [2.75, 3.05) is 6.54 Å². The molecule has 1 saturated carbocycles. The summed E-state index contributed by atoms with van der Waals surface area (Å²) in [5.41, 5.74) is 0.273. The Hall–Kier alpha value is -2.22. The largest absolute Gasteiger partial charge is 0.480 e. The van der Waals surface area contributed by atoms with Crippen LogP contribution in [0.2, 0.25) is 0 Å². The number of aliphatic carboxylic acids is 1. The first-order valence-corrected chi connectivity index (χ1v) is 7.30. The number of H-pyrrole nitrogens is 1. The van der Waals surface area contributed by atoms with Crippen LogP contribution >= 0.6 is 11.3 Å². The van der Waals surface area contributed by atoms with Crippen molar-refractivity contribution < 1.29 is 14.7 Å². The van der Waals surface area contributed by atoms with E-state index in [1.165, 1.54) is 11.2 Å². The monoisotopic (exact) mass is 307 g/mol. The molecule has 8 heteroatoms. The maximum atomic E-state index is 12.6. The molecule has 0 radical (unpaired) electrons. The predicted octanol–water partition coefficient (Wildman–Crippen LogP) is 0.982. The van der Waals surface area contributed by atoms with Crippen molar-refractivity contribution in [3.8, 4) is 0 Å². The second-order valence-electron chi connectivity index (χ2n) is 5.03. The predicted molar refractivity (Wildman–Crippen MR) is 76.7 cm³/mol. The van der Waals surface area contributed by atoms with Gasteiger partial charge in [0, 0.05) is 6.04 Å². The van der Waals surface area contributed by atoms with Crippen molar-refractivity contribution in [2.24, 2.45) is 0 Å². The lowest BCUT2D eigenvalue weighted by Crippen LogP contribution is -2.37. The Morgan fingerprint density at radius 3 is 2.81 bits per heavy atom. The van der Waals surface area contributed by atoms with Gasteiger partial charge in [-0.25, -0.2) is 4.98 Å². The highest BCUT2D eigenvalue weighted by Crippen LogP contribution is 2.32. The van der Waals surface area contributed by atoms with Gasteiger partial charge in [0.15, 0.2) is 0 Å². The molecule has 7 nitrogen and oxygen atoms in total. The van der Waals surface area contributed by atoms with E-state index in [4.69, 9.17) is 5.11 Å². The lowest BCUT2D eigenvalue weighted by molar-refractivity contribution is -0.137. The number of hydrogen-bond donors (Lipinski definition) is 2. The summed E-state index contributed by atoms with van der Waals surface area (Å²) >= 11 is 1.13. The van der Waals surface area contributed by atoms with Gasteiger partial charge in [0.25, 0.3) is 11.5 Å². The first-order valence-electron chi connectivity index (χ1n) is 6.48.